The van der Waals surface area contributed by atoms with Gasteiger partial charge in [-0.15, -0.1) is 0 Å². The van der Waals surface area contributed by atoms with Gasteiger partial charge in [0.1, 0.15) is 17.9 Å². The van der Waals surface area contributed by atoms with Crippen LogP contribution >= 0.6 is 0 Å². The summed E-state index contributed by atoms with van der Waals surface area (Å²) < 4.78 is 6.58. The second-order valence-corrected chi connectivity index (χ2v) is 6.14. The first kappa shape index (κ1) is 19.2. The standard InChI is InChI=1S/C22H22N2O4/c1-3-27-20-13-7-6-12-19(20)23-21(25)18-11-8-14-24(22(18)26)28-15-17-10-5-4-9-16(17)2/h4-14H,3,15H2,1-2H3,(H,23,25). The third kappa shape index (κ3) is 4.40. The molecule has 6 nitrogen and oxygen atoms in total. The Morgan fingerprint density at radius 2 is 1.79 bits per heavy atom. The van der Waals surface area contributed by atoms with E-state index in [2.05, 4.69) is 5.32 Å². The Kier molecular flexibility index (Phi) is 6.11. The second kappa shape index (κ2) is 8.90. The smallest absolute Gasteiger partial charge is 0.295 e. The first-order chi connectivity index (χ1) is 13.6. The average Bonchev–Trinajstić information content (AvgIpc) is 2.70. The molecule has 0 bridgehead atoms. The predicted molar refractivity (Wildman–Crippen MR) is 108 cm³/mol. The fourth-order valence-electron chi connectivity index (χ4n) is 2.70. The lowest BCUT2D eigenvalue weighted by atomic mass is 10.1. The minimum absolute atomic E-state index is 0.0152. The van der Waals surface area contributed by atoms with Gasteiger partial charge in [0.05, 0.1) is 12.3 Å². The number of pyridine rings is 1. The Morgan fingerprint density at radius 1 is 1.04 bits per heavy atom. The first-order valence-corrected chi connectivity index (χ1v) is 9.02. The van der Waals surface area contributed by atoms with E-state index in [1.54, 1.807) is 24.3 Å². The van der Waals surface area contributed by atoms with E-state index in [1.807, 2.05) is 44.2 Å². The molecule has 144 valence electrons. The largest absolute Gasteiger partial charge is 0.492 e. The molecule has 1 amide bonds. The number of rotatable bonds is 7. The van der Waals surface area contributed by atoms with Crippen molar-refractivity contribution in [2.24, 2.45) is 0 Å². The van der Waals surface area contributed by atoms with E-state index in [0.717, 1.165) is 15.9 Å². The van der Waals surface area contributed by atoms with Gasteiger partial charge < -0.3 is 14.9 Å². The number of aryl methyl sites for hydroxylation is 1. The van der Waals surface area contributed by atoms with Crippen LogP contribution in [0.5, 0.6) is 5.75 Å². The average molecular weight is 378 g/mol. The number of carbonyl (C=O) groups excluding carboxylic acids is 1. The summed E-state index contributed by atoms with van der Waals surface area (Å²) in [5, 5.41) is 2.73. The minimum atomic E-state index is -0.525. The summed E-state index contributed by atoms with van der Waals surface area (Å²) in [5.74, 6) is 0.0244. The maximum atomic E-state index is 12.7. The number of hydrogen-bond acceptors (Lipinski definition) is 4. The van der Waals surface area contributed by atoms with Crippen molar-refractivity contribution >= 4 is 11.6 Å². The van der Waals surface area contributed by atoms with Crippen molar-refractivity contribution in [1.29, 1.82) is 0 Å². The van der Waals surface area contributed by atoms with Crippen molar-refractivity contribution in [3.05, 3.63) is 93.9 Å². The van der Waals surface area contributed by atoms with Crippen molar-refractivity contribution in [1.82, 2.24) is 4.73 Å². The number of para-hydroxylation sites is 2. The number of anilines is 1. The quantitative estimate of drug-likeness (QED) is 0.684. The summed E-state index contributed by atoms with van der Waals surface area (Å²) in [6.07, 6.45) is 1.49. The molecule has 3 aromatic rings. The number of hydrogen-bond donors (Lipinski definition) is 1. The van der Waals surface area contributed by atoms with Crippen LogP contribution in [0.25, 0.3) is 0 Å². The van der Waals surface area contributed by atoms with Crippen molar-refractivity contribution in [2.75, 3.05) is 11.9 Å². The van der Waals surface area contributed by atoms with Gasteiger partial charge in [-0.3, -0.25) is 9.59 Å². The van der Waals surface area contributed by atoms with Gasteiger partial charge in [0.2, 0.25) is 0 Å². The molecule has 0 aliphatic heterocycles. The highest BCUT2D eigenvalue weighted by molar-refractivity contribution is 6.04. The SMILES string of the molecule is CCOc1ccccc1NC(=O)c1cccn(OCc2ccccc2C)c1=O. The van der Waals surface area contributed by atoms with Gasteiger partial charge >= 0.3 is 0 Å². The molecule has 28 heavy (non-hydrogen) atoms. The molecule has 6 heteroatoms. The molecule has 0 aliphatic carbocycles. The van der Waals surface area contributed by atoms with Crippen LogP contribution in [0.4, 0.5) is 5.69 Å². The van der Waals surface area contributed by atoms with Crippen LogP contribution in [0.1, 0.15) is 28.4 Å². The molecule has 0 saturated heterocycles. The van der Waals surface area contributed by atoms with E-state index >= 15 is 0 Å². The predicted octanol–water partition coefficient (Wildman–Crippen LogP) is 3.44. The van der Waals surface area contributed by atoms with E-state index in [0.29, 0.717) is 18.0 Å². The summed E-state index contributed by atoms with van der Waals surface area (Å²) in [4.78, 5) is 30.9. The van der Waals surface area contributed by atoms with E-state index in [1.165, 1.54) is 12.3 Å². The topological polar surface area (TPSA) is 69.6 Å². The summed E-state index contributed by atoms with van der Waals surface area (Å²) in [5.41, 5.74) is 2.00. The minimum Gasteiger partial charge on any atom is -0.492 e. The summed E-state index contributed by atoms with van der Waals surface area (Å²) in [7, 11) is 0. The van der Waals surface area contributed by atoms with Gasteiger partial charge in [0.25, 0.3) is 11.5 Å². The summed E-state index contributed by atoms with van der Waals surface area (Å²) in [6.45, 7) is 4.53. The number of amides is 1. The van der Waals surface area contributed by atoms with Gasteiger partial charge in [-0.1, -0.05) is 36.4 Å². The normalized spacial score (nSPS) is 10.4. The monoisotopic (exact) mass is 378 g/mol. The van der Waals surface area contributed by atoms with E-state index < -0.39 is 11.5 Å². The maximum absolute atomic E-state index is 12.7. The summed E-state index contributed by atoms with van der Waals surface area (Å²) >= 11 is 0. The number of aromatic nitrogens is 1. The number of benzene rings is 2. The van der Waals surface area contributed by atoms with Crippen LogP contribution in [0, 0.1) is 6.92 Å². The molecule has 0 aliphatic rings. The molecular formula is C22H22N2O4. The Bertz CT molecular complexity index is 1030. The number of nitrogens with one attached hydrogen (secondary N) is 1. The van der Waals surface area contributed by atoms with E-state index in [9.17, 15) is 9.59 Å². The van der Waals surface area contributed by atoms with Crippen LogP contribution in [0.2, 0.25) is 0 Å². The molecule has 1 N–H and O–H groups in total. The van der Waals surface area contributed by atoms with Crippen molar-refractivity contribution < 1.29 is 14.4 Å². The Hall–Kier alpha value is -3.54. The highest BCUT2D eigenvalue weighted by Crippen LogP contribution is 2.23. The van der Waals surface area contributed by atoms with Crippen LogP contribution in [0.15, 0.2) is 71.7 Å². The van der Waals surface area contributed by atoms with Gasteiger partial charge in [0.15, 0.2) is 0 Å². The molecule has 1 aromatic heterocycles. The van der Waals surface area contributed by atoms with Gasteiger partial charge in [-0.05, 0) is 49.2 Å². The third-order valence-corrected chi connectivity index (χ3v) is 4.22. The van der Waals surface area contributed by atoms with Gasteiger partial charge in [-0.2, -0.15) is 4.73 Å². The van der Waals surface area contributed by atoms with Crippen LogP contribution in [0.3, 0.4) is 0 Å². The van der Waals surface area contributed by atoms with Crippen molar-refractivity contribution in [3.63, 3.8) is 0 Å². The molecule has 0 atom stereocenters. The van der Waals surface area contributed by atoms with Crippen molar-refractivity contribution in [2.45, 2.75) is 20.5 Å². The zero-order valence-electron chi connectivity index (χ0n) is 15.8. The number of ether oxygens (including phenoxy) is 1. The third-order valence-electron chi connectivity index (χ3n) is 4.22. The lowest BCUT2D eigenvalue weighted by Crippen LogP contribution is -2.32. The number of carbonyl (C=O) groups is 1. The fraction of sp³-hybridized carbons (Fsp3) is 0.182. The van der Waals surface area contributed by atoms with E-state index in [4.69, 9.17) is 9.57 Å². The lowest BCUT2D eigenvalue weighted by Gasteiger charge is -2.13. The molecule has 0 saturated carbocycles. The van der Waals surface area contributed by atoms with Crippen LogP contribution < -0.4 is 20.5 Å². The maximum Gasteiger partial charge on any atom is 0.295 e. The molecule has 0 radical (unpaired) electrons. The highest BCUT2D eigenvalue weighted by Gasteiger charge is 2.15. The van der Waals surface area contributed by atoms with Gasteiger partial charge in [0, 0.05) is 6.20 Å². The Labute approximate surface area is 163 Å². The molecule has 3 rings (SSSR count). The van der Waals surface area contributed by atoms with Crippen LogP contribution in [-0.4, -0.2) is 17.2 Å². The lowest BCUT2D eigenvalue weighted by molar-refractivity contribution is 0.0861. The van der Waals surface area contributed by atoms with Crippen LogP contribution in [-0.2, 0) is 6.61 Å². The van der Waals surface area contributed by atoms with Crippen molar-refractivity contribution in [3.8, 4) is 5.75 Å². The Morgan fingerprint density at radius 3 is 2.57 bits per heavy atom. The summed E-state index contributed by atoms with van der Waals surface area (Å²) in [6, 6.07) is 17.9. The molecule has 0 unspecified atom stereocenters. The molecule has 1 heterocycles. The molecular weight excluding hydrogens is 356 g/mol. The molecule has 2 aromatic carbocycles. The zero-order valence-corrected chi connectivity index (χ0v) is 15.8. The molecule has 0 fully saturated rings. The zero-order chi connectivity index (χ0) is 19.9. The van der Waals surface area contributed by atoms with Gasteiger partial charge in [-0.25, -0.2) is 0 Å². The highest BCUT2D eigenvalue weighted by atomic mass is 16.7. The van der Waals surface area contributed by atoms with E-state index in [-0.39, 0.29) is 12.2 Å². The number of nitrogens with zero attached hydrogens (tertiary/aromatic N) is 1. The fourth-order valence-corrected chi connectivity index (χ4v) is 2.70. The molecule has 0 spiro atoms. The Balaban J connectivity index is 1.78. The second-order valence-electron chi connectivity index (χ2n) is 6.14. The first-order valence-electron chi connectivity index (χ1n) is 9.02.